The van der Waals surface area contributed by atoms with Crippen LogP contribution in [-0.2, 0) is 37.4 Å². The first-order chi connectivity index (χ1) is 26.4. The molecule has 0 aliphatic rings. The molecular formula is C36H32Cl2CrN6NaO10S2+. The van der Waals surface area contributed by atoms with Gasteiger partial charge in [-0.2, -0.15) is 0 Å². The van der Waals surface area contributed by atoms with E-state index in [1.54, 1.807) is 48.5 Å². The fourth-order valence-corrected chi connectivity index (χ4v) is 6.82. The number of anilines is 2. The van der Waals surface area contributed by atoms with Gasteiger partial charge in [0, 0.05) is 52.4 Å². The fourth-order valence-electron chi connectivity index (χ4n) is 5.22. The summed E-state index contributed by atoms with van der Waals surface area (Å²) in [7, 11) is -4.29. The standard InChI is InChI=1S/2C18H16ClN3O5S.Cr.Na/c2*1-27-16-9-13(15(24)8-11(16)19)20-21-18-14(23)7-6-10-4-3-5-12(17(10)18)22-28(2,25)26;;/h2*3-9,22-24H,1-2H3;;/q;;;+1. The van der Waals surface area contributed by atoms with Crippen LogP contribution in [0.15, 0.2) is 105 Å². The van der Waals surface area contributed by atoms with Gasteiger partial charge in [0.1, 0.15) is 57.2 Å². The Labute approximate surface area is 375 Å². The molecular weight excluding hydrogens is 886 g/mol. The molecule has 6 aromatic carbocycles. The Hall–Kier alpha value is -4.55. The Morgan fingerprint density at radius 1 is 0.552 bits per heavy atom. The van der Waals surface area contributed by atoms with Crippen molar-refractivity contribution < 1.29 is 93.7 Å². The van der Waals surface area contributed by atoms with Crippen LogP contribution in [0.1, 0.15) is 0 Å². The van der Waals surface area contributed by atoms with Gasteiger partial charge < -0.3 is 29.9 Å². The zero-order valence-corrected chi connectivity index (χ0v) is 37.5. The number of aromatic hydroxyl groups is 4. The number of sulfonamides is 2. The van der Waals surface area contributed by atoms with Crippen molar-refractivity contribution in [3.63, 3.8) is 0 Å². The summed E-state index contributed by atoms with van der Waals surface area (Å²) in [5.74, 6) is -0.309. The molecule has 6 N–H and O–H groups in total. The number of phenols is 4. The second-order valence-electron chi connectivity index (χ2n) is 11.8. The van der Waals surface area contributed by atoms with E-state index < -0.39 is 20.0 Å². The van der Waals surface area contributed by atoms with Crippen LogP contribution in [-0.4, -0.2) is 64.0 Å². The van der Waals surface area contributed by atoms with Crippen molar-refractivity contribution >= 4 is 98.9 Å². The van der Waals surface area contributed by atoms with Gasteiger partial charge in [0.15, 0.2) is 0 Å². The van der Waals surface area contributed by atoms with E-state index in [4.69, 9.17) is 32.7 Å². The minimum Gasteiger partial charge on any atom is -0.506 e. The van der Waals surface area contributed by atoms with Crippen molar-refractivity contribution in [2.24, 2.45) is 20.5 Å². The SMILES string of the molecule is COc1cc(N=Nc2c(O)ccc3cccc(NS(C)(=O)=O)c23)c(O)cc1Cl.COc1cc(N=Nc2c(O)ccc3cccc(NS(C)(=O)=O)c23)c(O)cc1Cl.[Cr].[Na+]. The van der Waals surface area contributed by atoms with Crippen LogP contribution in [0.2, 0.25) is 10.0 Å². The van der Waals surface area contributed by atoms with Gasteiger partial charge in [0.2, 0.25) is 20.0 Å². The molecule has 0 aromatic heterocycles. The Kier molecular flexibility index (Phi) is 16.4. The van der Waals surface area contributed by atoms with E-state index >= 15 is 0 Å². The monoisotopic (exact) mass is 917 g/mol. The third-order valence-electron chi connectivity index (χ3n) is 7.60. The number of fused-ring (bicyclic) bond motifs is 2. The molecule has 0 radical (unpaired) electrons. The quantitative estimate of drug-likeness (QED) is 0.0653. The van der Waals surface area contributed by atoms with E-state index in [-0.39, 0.29) is 126 Å². The number of azo groups is 2. The number of phenolic OH excluding ortho intramolecular Hbond substituents is 4. The van der Waals surface area contributed by atoms with Crippen molar-refractivity contribution in [2.45, 2.75) is 0 Å². The first kappa shape index (κ1) is 47.8. The van der Waals surface area contributed by atoms with E-state index in [0.29, 0.717) is 21.5 Å². The summed E-state index contributed by atoms with van der Waals surface area (Å²) in [4.78, 5) is 0. The van der Waals surface area contributed by atoms with Crippen LogP contribution in [0.5, 0.6) is 34.5 Å². The molecule has 0 spiro atoms. The smallest absolute Gasteiger partial charge is 0.506 e. The maximum Gasteiger partial charge on any atom is 1.00 e. The van der Waals surface area contributed by atoms with Gasteiger partial charge in [-0.1, -0.05) is 59.6 Å². The number of rotatable bonds is 10. The van der Waals surface area contributed by atoms with E-state index in [0.717, 1.165) is 12.5 Å². The molecule has 58 heavy (non-hydrogen) atoms. The number of nitrogens with one attached hydrogen (secondary N) is 2. The first-order valence-corrected chi connectivity index (χ1v) is 20.3. The van der Waals surface area contributed by atoms with Gasteiger partial charge >= 0.3 is 29.6 Å². The molecule has 16 nitrogen and oxygen atoms in total. The third kappa shape index (κ3) is 11.8. The van der Waals surface area contributed by atoms with Crippen molar-refractivity contribution in [2.75, 3.05) is 36.2 Å². The Morgan fingerprint density at radius 3 is 1.24 bits per heavy atom. The molecule has 6 aromatic rings. The number of hydrogen-bond acceptors (Lipinski definition) is 14. The molecule has 0 saturated carbocycles. The molecule has 0 amide bonds. The van der Waals surface area contributed by atoms with E-state index in [1.165, 1.54) is 50.6 Å². The van der Waals surface area contributed by atoms with Gasteiger partial charge in [0.25, 0.3) is 0 Å². The summed E-state index contributed by atoms with van der Waals surface area (Å²) < 4.78 is 61.7. The zero-order chi connectivity index (χ0) is 40.9. The molecule has 0 aliphatic carbocycles. The largest absolute Gasteiger partial charge is 1.00 e. The molecule has 0 fully saturated rings. The second kappa shape index (κ2) is 19.9. The second-order valence-corrected chi connectivity index (χ2v) is 16.1. The van der Waals surface area contributed by atoms with E-state index in [2.05, 4.69) is 29.9 Å². The number of ether oxygens (including phenoxy) is 2. The third-order valence-corrected chi connectivity index (χ3v) is 9.37. The van der Waals surface area contributed by atoms with E-state index in [1.807, 2.05) is 0 Å². The summed E-state index contributed by atoms with van der Waals surface area (Å²) in [6.45, 7) is 0. The number of hydrogen-bond donors (Lipinski definition) is 6. The van der Waals surface area contributed by atoms with Crippen LogP contribution in [0, 0.1) is 0 Å². The molecule has 0 bridgehead atoms. The summed E-state index contributed by atoms with van der Waals surface area (Å²) in [5, 5.41) is 59.1. The maximum absolute atomic E-state index is 11.7. The normalized spacial score (nSPS) is 11.4. The van der Waals surface area contributed by atoms with Crippen LogP contribution < -0.4 is 48.5 Å². The Bertz CT molecular complexity index is 2590. The van der Waals surface area contributed by atoms with E-state index in [9.17, 15) is 37.3 Å². The van der Waals surface area contributed by atoms with Crippen molar-refractivity contribution in [3.05, 3.63) is 95.0 Å². The molecule has 0 heterocycles. The number of methoxy groups -OCH3 is 2. The van der Waals surface area contributed by atoms with Gasteiger partial charge in [-0.25, -0.2) is 16.8 Å². The summed E-state index contributed by atoms with van der Waals surface area (Å²) in [6, 6.07) is 21.3. The summed E-state index contributed by atoms with van der Waals surface area (Å²) in [5.41, 5.74) is 0.679. The molecule has 0 unspecified atom stereocenters. The van der Waals surface area contributed by atoms with Crippen LogP contribution in [0.3, 0.4) is 0 Å². The molecule has 0 aliphatic heterocycles. The van der Waals surface area contributed by atoms with Gasteiger partial charge in [-0.15, -0.1) is 20.5 Å². The van der Waals surface area contributed by atoms with Crippen LogP contribution in [0.4, 0.5) is 34.1 Å². The molecule has 0 saturated heterocycles. The summed E-state index contributed by atoms with van der Waals surface area (Å²) >= 11 is 11.9. The van der Waals surface area contributed by atoms with Crippen molar-refractivity contribution in [1.29, 1.82) is 0 Å². The van der Waals surface area contributed by atoms with Crippen LogP contribution in [0.25, 0.3) is 21.5 Å². The first-order valence-electron chi connectivity index (χ1n) is 15.8. The predicted octanol–water partition coefficient (Wildman–Crippen LogP) is 6.40. The van der Waals surface area contributed by atoms with Gasteiger partial charge in [-0.3, -0.25) is 9.44 Å². The Morgan fingerprint density at radius 2 is 0.914 bits per heavy atom. The number of halogens is 2. The van der Waals surface area contributed by atoms with Gasteiger partial charge in [0.05, 0.1) is 48.2 Å². The molecule has 22 heteroatoms. The minimum absolute atomic E-state index is 0. The molecule has 0 atom stereocenters. The zero-order valence-electron chi connectivity index (χ0n) is 31.1. The fraction of sp³-hybridized carbons (Fsp3) is 0.111. The van der Waals surface area contributed by atoms with Crippen molar-refractivity contribution in [1.82, 2.24) is 0 Å². The molecule has 6 rings (SSSR count). The average molecular weight is 919 g/mol. The molecule has 298 valence electrons. The Balaban J connectivity index is 0.000000300. The average Bonchev–Trinajstić information content (AvgIpc) is 3.11. The maximum atomic E-state index is 11.7. The van der Waals surface area contributed by atoms with Crippen LogP contribution >= 0.6 is 23.2 Å². The number of nitrogens with zero attached hydrogens (tertiary/aromatic N) is 4. The topological polar surface area (TPSA) is 241 Å². The van der Waals surface area contributed by atoms with Crippen molar-refractivity contribution in [3.8, 4) is 34.5 Å². The number of benzene rings is 6. The van der Waals surface area contributed by atoms with Gasteiger partial charge in [-0.05, 0) is 35.0 Å². The minimum atomic E-state index is -3.56. The predicted molar refractivity (Wildman–Crippen MR) is 216 cm³/mol. The summed E-state index contributed by atoms with van der Waals surface area (Å²) in [6.07, 6.45) is 2.04.